The molecule has 1 rings (SSSR count). The Morgan fingerprint density at radius 1 is 1.47 bits per heavy atom. The molecule has 0 spiro atoms. The van der Waals surface area contributed by atoms with Gasteiger partial charge in [-0.2, -0.15) is 0 Å². The summed E-state index contributed by atoms with van der Waals surface area (Å²) in [6.45, 7) is 8.93. The Balaban J connectivity index is 3.06. The van der Waals surface area contributed by atoms with E-state index in [4.69, 9.17) is 0 Å². The molecule has 1 atom stereocenters. The summed E-state index contributed by atoms with van der Waals surface area (Å²) in [5.74, 6) is 0.164. The first kappa shape index (κ1) is 12.2. The Labute approximate surface area is 91.3 Å². The van der Waals surface area contributed by atoms with Crippen molar-refractivity contribution in [2.45, 2.75) is 52.7 Å². The zero-order valence-electron chi connectivity index (χ0n) is 10.1. The number of aryl methyl sites for hydroxylation is 1. The van der Waals surface area contributed by atoms with Crippen LogP contribution in [0.3, 0.4) is 0 Å². The third kappa shape index (κ3) is 2.20. The van der Waals surface area contributed by atoms with E-state index in [1.165, 1.54) is 0 Å². The van der Waals surface area contributed by atoms with Crippen molar-refractivity contribution in [3.8, 4) is 0 Å². The Hall–Kier alpha value is -0.900. The molecule has 0 aliphatic carbocycles. The topological polar surface area (TPSA) is 50.9 Å². The molecule has 0 aliphatic heterocycles. The third-order valence-corrected chi connectivity index (χ3v) is 2.99. The average molecular weight is 211 g/mol. The van der Waals surface area contributed by atoms with Crippen LogP contribution in [0.4, 0.5) is 0 Å². The van der Waals surface area contributed by atoms with E-state index in [0.717, 1.165) is 18.7 Å². The summed E-state index contributed by atoms with van der Waals surface area (Å²) in [5, 5.41) is 18.5. The van der Waals surface area contributed by atoms with Crippen LogP contribution in [0, 0.1) is 5.92 Å². The van der Waals surface area contributed by atoms with Crippen molar-refractivity contribution in [1.82, 2.24) is 15.0 Å². The average Bonchev–Trinajstić information content (AvgIpc) is 2.65. The highest BCUT2D eigenvalue weighted by molar-refractivity contribution is 5.09. The first-order valence-corrected chi connectivity index (χ1v) is 5.67. The Bertz CT molecular complexity index is 309. The number of aliphatic hydroxyl groups is 1. The molecule has 4 nitrogen and oxygen atoms in total. The fourth-order valence-corrected chi connectivity index (χ4v) is 1.86. The molecule has 0 saturated heterocycles. The molecule has 1 aromatic heterocycles. The van der Waals surface area contributed by atoms with E-state index in [9.17, 15) is 5.11 Å². The second-order valence-corrected chi connectivity index (χ2v) is 4.27. The van der Waals surface area contributed by atoms with E-state index in [0.29, 0.717) is 6.42 Å². The summed E-state index contributed by atoms with van der Waals surface area (Å²) >= 11 is 0. The van der Waals surface area contributed by atoms with Crippen LogP contribution in [-0.2, 0) is 12.1 Å². The monoisotopic (exact) mass is 211 g/mol. The lowest BCUT2D eigenvalue weighted by Crippen LogP contribution is -2.34. The fourth-order valence-electron chi connectivity index (χ4n) is 1.86. The zero-order valence-corrected chi connectivity index (χ0v) is 10.1. The SMILES string of the molecule is CCCn1nncc1C(O)(CC)C(C)C. The summed E-state index contributed by atoms with van der Waals surface area (Å²) < 4.78 is 1.81. The van der Waals surface area contributed by atoms with Gasteiger partial charge in [0.2, 0.25) is 0 Å². The van der Waals surface area contributed by atoms with Crippen molar-refractivity contribution < 1.29 is 5.11 Å². The van der Waals surface area contributed by atoms with E-state index in [-0.39, 0.29) is 5.92 Å². The summed E-state index contributed by atoms with van der Waals surface area (Å²) in [4.78, 5) is 0. The summed E-state index contributed by atoms with van der Waals surface area (Å²) in [6.07, 6.45) is 3.36. The van der Waals surface area contributed by atoms with Crippen LogP contribution in [0.25, 0.3) is 0 Å². The van der Waals surface area contributed by atoms with Crippen molar-refractivity contribution in [3.63, 3.8) is 0 Å². The molecule has 1 unspecified atom stereocenters. The maximum atomic E-state index is 10.6. The van der Waals surface area contributed by atoms with Crippen molar-refractivity contribution in [3.05, 3.63) is 11.9 Å². The van der Waals surface area contributed by atoms with Gasteiger partial charge in [0.25, 0.3) is 0 Å². The van der Waals surface area contributed by atoms with Gasteiger partial charge in [0.05, 0.1) is 11.9 Å². The van der Waals surface area contributed by atoms with Crippen molar-refractivity contribution in [1.29, 1.82) is 0 Å². The largest absolute Gasteiger partial charge is 0.383 e. The summed E-state index contributed by atoms with van der Waals surface area (Å²) in [6, 6.07) is 0. The maximum absolute atomic E-state index is 10.6. The van der Waals surface area contributed by atoms with Crippen LogP contribution in [0.1, 0.15) is 46.2 Å². The van der Waals surface area contributed by atoms with Crippen LogP contribution in [0.2, 0.25) is 0 Å². The molecule has 15 heavy (non-hydrogen) atoms. The highest BCUT2D eigenvalue weighted by Gasteiger charge is 2.34. The first-order chi connectivity index (χ1) is 7.06. The quantitative estimate of drug-likeness (QED) is 0.809. The van der Waals surface area contributed by atoms with E-state index in [1.54, 1.807) is 6.20 Å². The normalized spacial score (nSPS) is 15.6. The standard InChI is InChI=1S/C11H21N3O/c1-5-7-14-10(8-12-13-14)11(15,6-2)9(3)4/h8-9,15H,5-7H2,1-4H3. The van der Waals surface area contributed by atoms with Crippen molar-refractivity contribution in [2.75, 3.05) is 0 Å². The molecule has 0 aromatic carbocycles. The maximum Gasteiger partial charge on any atom is 0.110 e. The van der Waals surface area contributed by atoms with E-state index < -0.39 is 5.60 Å². The second kappa shape index (κ2) is 4.75. The van der Waals surface area contributed by atoms with Gasteiger partial charge in [-0.25, -0.2) is 4.68 Å². The fraction of sp³-hybridized carbons (Fsp3) is 0.818. The lowest BCUT2D eigenvalue weighted by molar-refractivity contribution is -0.0222. The summed E-state index contributed by atoms with van der Waals surface area (Å²) in [7, 11) is 0. The number of nitrogens with zero attached hydrogens (tertiary/aromatic N) is 3. The first-order valence-electron chi connectivity index (χ1n) is 5.67. The minimum absolute atomic E-state index is 0.164. The van der Waals surface area contributed by atoms with Gasteiger partial charge in [0.15, 0.2) is 0 Å². The minimum Gasteiger partial charge on any atom is -0.383 e. The van der Waals surface area contributed by atoms with Gasteiger partial charge in [0.1, 0.15) is 5.60 Å². The summed E-state index contributed by atoms with van der Waals surface area (Å²) in [5.41, 5.74) is 0.0282. The molecule has 4 heteroatoms. The minimum atomic E-state index is -0.807. The molecule has 0 saturated carbocycles. The van der Waals surface area contributed by atoms with Gasteiger partial charge < -0.3 is 5.11 Å². The highest BCUT2D eigenvalue weighted by Crippen LogP contribution is 2.32. The van der Waals surface area contributed by atoms with Crippen LogP contribution in [-0.4, -0.2) is 20.1 Å². The Morgan fingerprint density at radius 3 is 2.60 bits per heavy atom. The molecule has 0 radical (unpaired) electrons. The van der Waals surface area contributed by atoms with Crippen LogP contribution < -0.4 is 0 Å². The number of aromatic nitrogens is 3. The number of hydrogen-bond donors (Lipinski definition) is 1. The van der Waals surface area contributed by atoms with Gasteiger partial charge in [-0.15, -0.1) is 5.10 Å². The molecule has 0 bridgehead atoms. The van der Waals surface area contributed by atoms with Gasteiger partial charge in [-0.05, 0) is 18.8 Å². The third-order valence-electron chi connectivity index (χ3n) is 2.99. The van der Waals surface area contributed by atoms with Crippen LogP contribution in [0.15, 0.2) is 6.20 Å². The van der Waals surface area contributed by atoms with E-state index >= 15 is 0 Å². The van der Waals surface area contributed by atoms with E-state index in [2.05, 4.69) is 17.2 Å². The number of hydrogen-bond acceptors (Lipinski definition) is 3. The van der Waals surface area contributed by atoms with Gasteiger partial charge in [0, 0.05) is 6.54 Å². The lowest BCUT2D eigenvalue weighted by Gasteiger charge is -2.31. The highest BCUT2D eigenvalue weighted by atomic mass is 16.3. The Kier molecular flexibility index (Phi) is 3.85. The predicted molar refractivity (Wildman–Crippen MR) is 59.3 cm³/mol. The van der Waals surface area contributed by atoms with E-state index in [1.807, 2.05) is 25.5 Å². The smallest absolute Gasteiger partial charge is 0.110 e. The second-order valence-electron chi connectivity index (χ2n) is 4.27. The zero-order chi connectivity index (χ0) is 11.5. The molecular formula is C11H21N3O. The predicted octanol–water partition coefficient (Wildman–Crippen LogP) is 1.94. The van der Waals surface area contributed by atoms with Crippen LogP contribution in [0.5, 0.6) is 0 Å². The number of rotatable bonds is 5. The molecule has 86 valence electrons. The van der Waals surface area contributed by atoms with Crippen molar-refractivity contribution in [2.24, 2.45) is 5.92 Å². The van der Waals surface area contributed by atoms with Gasteiger partial charge >= 0.3 is 0 Å². The Morgan fingerprint density at radius 2 is 2.13 bits per heavy atom. The molecule has 1 N–H and O–H groups in total. The molecule has 1 aromatic rings. The lowest BCUT2D eigenvalue weighted by atomic mass is 9.85. The molecule has 1 heterocycles. The van der Waals surface area contributed by atoms with Gasteiger partial charge in [-0.1, -0.05) is 32.9 Å². The molecule has 0 fully saturated rings. The molecule has 0 amide bonds. The van der Waals surface area contributed by atoms with Crippen LogP contribution >= 0.6 is 0 Å². The molecule has 0 aliphatic rings. The molecular weight excluding hydrogens is 190 g/mol. The van der Waals surface area contributed by atoms with Crippen molar-refractivity contribution >= 4 is 0 Å². The van der Waals surface area contributed by atoms with Gasteiger partial charge in [-0.3, -0.25) is 0 Å².